The Bertz CT molecular complexity index is 593. The minimum absolute atomic E-state index is 0.0307. The molecule has 0 N–H and O–H groups in total. The van der Waals surface area contributed by atoms with Crippen molar-refractivity contribution >= 4 is 11.8 Å². The van der Waals surface area contributed by atoms with Crippen molar-refractivity contribution in [1.82, 2.24) is 9.80 Å². The Hall–Kier alpha value is -1.92. The fourth-order valence-electron chi connectivity index (χ4n) is 2.65. The molecule has 0 amide bonds. The third-order valence-corrected chi connectivity index (χ3v) is 4.03. The number of hydrogen-bond donors (Lipinski definition) is 0. The standard InChI is InChI=1S/C17H24N2O4/c1-12-9-16(22-4)17(23-13(2)20)10-14(12)15(21)11-19-7-5-18(3)6-8-19/h9-10H,5-8,11H2,1-4H3. The third-order valence-electron chi connectivity index (χ3n) is 4.03. The van der Waals surface area contributed by atoms with Crippen molar-refractivity contribution in [3.05, 3.63) is 23.3 Å². The number of esters is 1. The first kappa shape index (κ1) is 17.4. The highest BCUT2D eigenvalue weighted by Gasteiger charge is 2.20. The molecule has 0 radical (unpaired) electrons. The van der Waals surface area contributed by atoms with Gasteiger partial charge in [0, 0.05) is 38.7 Å². The molecule has 23 heavy (non-hydrogen) atoms. The van der Waals surface area contributed by atoms with Gasteiger partial charge < -0.3 is 14.4 Å². The van der Waals surface area contributed by atoms with Gasteiger partial charge in [-0.05, 0) is 31.7 Å². The second-order valence-electron chi connectivity index (χ2n) is 5.91. The topological polar surface area (TPSA) is 59.1 Å². The lowest BCUT2D eigenvalue weighted by atomic mass is 10.0. The monoisotopic (exact) mass is 320 g/mol. The van der Waals surface area contributed by atoms with E-state index < -0.39 is 5.97 Å². The molecule has 1 fully saturated rings. The highest BCUT2D eigenvalue weighted by molar-refractivity contribution is 5.99. The Labute approximate surface area is 137 Å². The minimum atomic E-state index is -0.440. The molecule has 1 saturated heterocycles. The second-order valence-corrected chi connectivity index (χ2v) is 5.91. The van der Waals surface area contributed by atoms with E-state index in [2.05, 4.69) is 16.8 Å². The van der Waals surface area contributed by atoms with E-state index in [4.69, 9.17) is 9.47 Å². The van der Waals surface area contributed by atoms with Crippen molar-refractivity contribution in [3.8, 4) is 11.5 Å². The lowest BCUT2D eigenvalue weighted by Crippen LogP contribution is -2.46. The van der Waals surface area contributed by atoms with Crippen molar-refractivity contribution in [2.24, 2.45) is 0 Å². The number of likely N-dealkylation sites (N-methyl/N-ethyl adjacent to an activating group) is 1. The van der Waals surface area contributed by atoms with Crippen LogP contribution in [0.1, 0.15) is 22.8 Å². The van der Waals surface area contributed by atoms with Gasteiger partial charge in [-0.2, -0.15) is 0 Å². The van der Waals surface area contributed by atoms with Crippen LogP contribution in [-0.4, -0.2) is 68.4 Å². The van der Waals surface area contributed by atoms with Crippen LogP contribution in [0, 0.1) is 6.92 Å². The third kappa shape index (κ3) is 4.53. The zero-order chi connectivity index (χ0) is 17.0. The molecule has 1 heterocycles. The van der Waals surface area contributed by atoms with Gasteiger partial charge in [0.15, 0.2) is 17.3 Å². The van der Waals surface area contributed by atoms with Gasteiger partial charge in [-0.15, -0.1) is 0 Å². The number of aryl methyl sites for hydroxylation is 1. The van der Waals surface area contributed by atoms with E-state index in [-0.39, 0.29) is 11.5 Å². The molecule has 6 heteroatoms. The SMILES string of the molecule is COc1cc(C)c(C(=O)CN2CCN(C)CC2)cc1OC(C)=O. The lowest BCUT2D eigenvalue weighted by molar-refractivity contribution is -0.132. The highest BCUT2D eigenvalue weighted by atomic mass is 16.6. The van der Waals surface area contributed by atoms with Crippen LogP contribution >= 0.6 is 0 Å². The number of hydrogen-bond acceptors (Lipinski definition) is 6. The van der Waals surface area contributed by atoms with Crippen LogP contribution in [0.2, 0.25) is 0 Å². The van der Waals surface area contributed by atoms with Gasteiger partial charge in [-0.25, -0.2) is 0 Å². The van der Waals surface area contributed by atoms with E-state index in [9.17, 15) is 9.59 Å². The van der Waals surface area contributed by atoms with Crippen LogP contribution in [0.15, 0.2) is 12.1 Å². The molecule has 0 saturated carbocycles. The van der Waals surface area contributed by atoms with Gasteiger partial charge >= 0.3 is 5.97 Å². The summed E-state index contributed by atoms with van der Waals surface area (Å²) in [5.41, 5.74) is 1.39. The summed E-state index contributed by atoms with van der Waals surface area (Å²) in [6.07, 6.45) is 0. The number of ketones is 1. The molecular weight excluding hydrogens is 296 g/mol. The van der Waals surface area contributed by atoms with E-state index in [1.807, 2.05) is 6.92 Å². The summed E-state index contributed by atoms with van der Waals surface area (Å²) in [7, 11) is 3.59. The van der Waals surface area contributed by atoms with Crippen molar-refractivity contribution in [2.75, 3.05) is 46.9 Å². The molecule has 0 bridgehead atoms. The molecule has 0 aliphatic carbocycles. The summed E-state index contributed by atoms with van der Waals surface area (Å²) in [6, 6.07) is 3.34. The quantitative estimate of drug-likeness (QED) is 0.464. The number of piperazine rings is 1. The molecule has 126 valence electrons. The zero-order valence-electron chi connectivity index (χ0n) is 14.2. The highest BCUT2D eigenvalue weighted by Crippen LogP contribution is 2.31. The van der Waals surface area contributed by atoms with Crippen LogP contribution in [-0.2, 0) is 4.79 Å². The smallest absolute Gasteiger partial charge is 0.308 e. The summed E-state index contributed by atoms with van der Waals surface area (Å²) < 4.78 is 10.4. The Morgan fingerprint density at radius 1 is 1.13 bits per heavy atom. The molecule has 1 aliphatic rings. The average Bonchev–Trinajstić information content (AvgIpc) is 2.50. The first-order valence-electron chi connectivity index (χ1n) is 7.72. The molecule has 2 rings (SSSR count). The van der Waals surface area contributed by atoms with Gasteiger partial charge in [0.25, 0.3) is 0 Å². The van der Waals surface area contributed by atoms with Gasteiger partial charge in [0.1, 0.15) is 0 Å². The average molecular weight is 320 g/mol. The Balaban J connectivity index is 2.17. The Morgan fingerprint density at radius 3 is 2.35 bits per heavy atom. The number of ether oxygens (including phenoxy) is 2. The second kappa shape index (κ2) is 7.57. The normalized spacial score (nSPS) is 16.2. The summed E-state index contributed by atoms with van der Waals surface area (Å²) in [5.74, 6) is 0.328. The molecule has 0 atom stereocenters. The minimum Gasteiger partial charge on any atom is -0.493 e. The molecule has 0 spiro atoms. The van der Waals surface area contributed by atoms with Crippen LogP contribution in [0.25, 0.3) is 0 Å². The number of rotatable bonds is 5. The summed E-state index contributed by atoms with van der Waals surface area (Å²) in [4.78, 5) is 28.2. The van der Waals surface area contributed by atoms with E-state index in [1.165, 1.54) is 14.0 Å². The number of Topliss-reactive ketones (excluding diaryl/α,β-unsaturated/α-hetero) is 1. The maximum atomic E-state index is 12.6. The van der Waals surface area contributed by atoms with Crippen molar-refractivity contribution < 1.29 is 19.1 Å². The number of nitrogens with zero attached hydrogens (tertiary/aromatic N) is 2. The zero-order valence-corrected chi connectivity index (χ0v) is 14.2. The fraction of sp³-hybridized carbons (Fsp3) is 0.529. The van der Waals surface area contributed by atoms with Crippen LogP contribution in [0.5, 0.6) is 11.5 Å². The predicted octanol–water partition coefficient (Wildman–Crippen LogP) is 1.36. The predicted molar refractivity (Wildman–Crippen MR) is 87.3 cm³/mol. The molecule has 0 aromatic heterocycles. The molecule has 1 aromatic carbocycles. The number of benzene rings is 1. The van der Waals surface area contributed by atoms with Crippen molar-refractivity contribution in [2.45, 2.75) is 13.8 Å². The lowest BCUT2D eigenvalue weighted by Gasteiger charge is -2.31. The maximum Gasteiger partial charge on any atom is 0.308 e. The Kier molecular flexibility index (Phi) is 5.74. The summed E-state index contributed by atoms with van der Waals surface area (Å²) in [5, 5.41) is 0. The van der Waals surface area contributed by atoms with Gasteiger partial charge in [0.2, 0.25) is 0 Å². The van der Waals surface area contributed by atoms with E-state index in [0.717, 1.165) is 31.7 Å². The first-order valence-corrected chi connectivity index (χ1v) is 7.72. The largest absolute Gasteiger partial charge is 0.493 e. The Morgan fingerprint density at radius 2 is 1.78 bits per heavy atom. The fourth-order valence-corrected chi connectivity index (χ4v) is 2.65. The molecule has 6 nitrogen and oxygen atoms in total. The summed E-state index contributed by atoms with van der Waals surface area (Å²) in [6.45, 7) is 7.26. The summed E-state index contributed by atoms with van der Waals surface area (Å²) >= 11 is 0. The van der Waals surface area contributed by atoms with E-state index >= 15 is 0 Å². The van der Waals surface area contributed by atoms with E-state index in [1.54, 1.807) is 12.1 Å². The van der Waals surface area contributed by atoms with Crippen molar-refractivity contribution in [3.63, 3.8) is 0 Å². The van der Waals surface area contributed by atoms with Crippen LogP contribution < -0.4 is 9.47 Å². The first-order chi connectivity index (χ1) is 10.9. The number of carbonyl (C=O) groups excluding carboxylic acids is 2. The number of methoxy groups -OCH3 is 1. The molecule has 0 unspecified atom stereocenters. The van der Waals surface area contributed by atoms with Crippen molar-refractivity contribution in [1.29, 1.82) is 0 Å². The van der Waals surface area contributed by atoms with Crippen LogP contribution in [0.3, 0.4) is 0 Å². The van der Waals surface area contributed by atoms with Gasteiger partial charge in [0.05, 0.1) is 13.7 Å². The van der Waals surface area contributed by atoms with E-state index in [0.29, 0.717) is 17.9 Å². The maximum absolute atomic E-state index is 12.6. The molecule has 1 aliphatic heterocycles. The molecule has 1 aromatic rings. The number of carbonyl (C=O) groups is 2. The van der Waals surface area contributed by atoms with Gasteiger partial charge in [-0.1, -0.05) is 0 Å². The van der Waals surface area contributed by atoms with Crippen LogP contribution in [0.4, 0.5) is 0 Å². The molecular formula is C17H24N2O4. The van der Waals surface area contributed by atoms with Gasteiger partial charge in [-0.3, -0.25) is 14.5 Å².